The van der Waals surface area contributed by atoms with Gasteiger partial charge in [0, 0.05) is 10.7 Å². The van der Waals surface area contributed by atoms with Gasteiger partial charge in [0.25, 0.3) is 10.0 Å². The second kappa shape index (κ2) is 6.89. The number of carboxylic acids is 1. The van der Waals surface area contributed by atoms with Crippen LogP contribution in [0, 0.1) is 6.92 Å². The van der Waals surface area contributed by atoms with Crippen molar-refractivity contribution in [1.29, 1.82) is 0 Å². The van der Waals surface area contributed by atoms with Gasteiger partial charge in [-0.1, -0.05) is 11.6 Å². The Labute approximate surface area is 138 Å². The van der Waals surface area contributed by atoms with Crippen molar-refractivity contribution >= 4 is 33.3 Å². The normalized spacial score (nSPS) is 11.0. The molecule has 0 spiro atoms. The summed E-state index contributed by atoms with van der Waals surface area (Å²) in [7, 11) is -3.76. The molecule has 8 heteroatoms. The quantitative estimate of drug-likeness (QED) is 0.831. The molecule has 0 saturated heterocycles. The van der Waals surface area contributed by atoms with E-state index in [0.29, 0.717) is 22.0 Å². The molecule has 0 fully saturated rings. The van der Waals surface area contributed by atoms with Crippen LogP contribution in [0.15, 0.2) is 47.4 Å². The lowest BCUT2D eigenvalue weighted by Gasteiger charge is -2.11. The molecule has 0 saturated carbocycles. The molecule has 0 atom stereocenters. The molecule has 23 heavy (non-hydrogen) atoms. The SMILES string of the molecule is Cc1cc(S(=O)(=O)Nc2ccc(Cl)cc2)ccc1OCC(=O)O. The maximum absolute atomic E-state index is 12.3. The van der Waals surface area contributed by atoms with Gasteiger partial charge < -0.3 is 9.84 Å². The number of aliphatic carboxylic acids is 1. The summed E-state index contributed by atoms with van der Waals surface area (Å²) in [6.07, 6.45) is 0. The number of anilines is 1. The molecule has 0 radical (unpaired) electrons. The molecule has 2 aromatic carbocycles. The number of hydrogen-bond acceptors (Lipinski definition) is 4. The van der Waals surface area contributed by atoms with Crippen LogP contribution in [0.4, 0.5) is 5.69 Å². The van der Waals surface area contributed by atoms with E-state index >= 15 is 0 Å². The standard InChI is InChI=1S/C15H14ClNO5S/c1-10-8-13(6-7-14(10)22-9-15(18)19)23(20,21)17-12-4-2-11(16)3-5-12/h2-8,17H,9H2,1H3,(H,18,19). The third-order valence-electron chi connectivity index (χ3n) is 2.90. The van der Waals surface area contributed by atoms with Gasteiger partial charge in [0.2, 0.25) is 0 Å². The van der Waals surface area contributed by atoms with Gasteiger partial charge in [-0.15, -0.1) is 0 Å². The molecule has 2 rings (SSSR count). The van der Waals surface area contributed by atoms with Gasteiger partial charge >= 0.3 is 5.97 Å². The molecular weight excluding hydrogens is 342 g/mol. The van der Waals surface area contributed by atoms with Gasteiger partial charge in [-0.05, 0) is 55.0 Å². The predicted octanol–water partition coefficient (Wildman–Crippen LogP) is 2.91. The Balaban J connectivity index is 2.21. The summed E-state index contributed by atoms with van der Waals surface area (Å²) in [4.78, 5) is 10.5. The first kappa shape index (κ1) is 17.1. The Hall–Kier alpha value is -2.25. The van der Waals surface area contributed by atoms with Crippen molar-refractivity contribution in [3.8, 4) is 5.75 Å². The molecule has 6 nitrogen and oxygen atoms in total. The van der Waals surface area contributed by atoms with Crippen LogP contribution in [-0.4, -0.2) is 26.1 Å². The Kier molecular flexibility index (Phi) is 5.12. The van der Waals surface area contributed by atoms with E-state index in [2.05, 4.69) is 4.72 Å². The molecule has 0 aliphatic heterocycles. The maximum atomic E-state index is 12.3. The lowest BCUT2D eigenvalue weighted by molar-refractivity contribution is -0.139. The molecule has 0 aliphatic rings. The van der Waals surface area contributed by atoms with Crippen LogP contribution in [0.1, 0.15) is 5.56 Å². The fourth-order valence-corrected chi connectivity index (χ4v) is 3.09. The highest BCUT2D eigenvalue weighted by Gasteiger charge is 2.16. The van der Waals surface area contributed by atoms with Gasteiger partial charge in [0.1, 0.15) is 5.75 Å². The number of hydrogen-bond donors (Lipinski definition) is 2. The number of benzene rings is 2. The van der Waals surface area contributed by atoms with E-state index in [0.717, 1.165) is 0 Å². The summed E-state index contributed by atoms with van der Waals surface area (Å²) in [5.41, 5.74) is 0.906. The Morgan fingerprint density at radius 1 is 1.22 bits per heavy atom. The number of halogens is 1. The van der Waals surface area contributed by atoms with Crippen LogP contribution in [0.5, 0.6) is 5.75 Å². The van der Waals surface area contributed by atoms with E-state index in [-0.39, 0.29) is 4.90 Å². The van der Waals surface area contributed by atoms with E-state index in [1.807, 2.05) is 0 Å². The lowest BCUT2D eigenvalue weighted by atomic mass is 10.2. The van der Waals surface area contributed by atoms with Crippen LogP contribution in [0.3, 0.4) is 0 Å². The van der Waals surface area contributed by atoms with Crippen molar-refractivity contribution in [2.24, 2.45) is 0 Å². The molecule has 0 amide bonds. The number of rotatable bonds is 6. The van der Waals surface area contributed by atoms with Gasteiger partial charge in [-0.25, -0.2) is 13.2 Å². The van der Waals surface area contributed by atoms with Crippen LogP contribution in [-0.2, 0) is 14.8 Å². The molecule has 0 heterocycles. The number of aryl methyl sites for hydroxylation is 1. The average molecular weight is 356 g/mol. The average Bonchev–Trinajstić information content (AvgIpc) is 2.48. The summed E-state index contributed by atoms with van der Waals surface area (Å²) in [6.45, 7) is 1.15. The second-order valence-corrected chi connectivity index (χ2v) is 6.84. The van der Waals surface area contributed by atoms with Crippen LogP contribution >= 0.6 is 11.6 Å². The second-order valence-electron chi connectivity index (χ2n) is 4.72. The van der Waals surface area contributed by atoms with Crippen LogP contribution in [0.2, 0.25) is 5.02 Å². The Bertz CT molecular complexity index is 818. The number of nitrogens with one attached hydrogen (secondary N) is 1. The van der Waals surface area contributed by atoms with Crippen molar-refractivity contribution in [1.82, 2.24) is 0 Å². The molecule has 0 bridgehead atoms. The molecular formula is C15H14ClNO5S. The monoisotopic (exact) mass is 355 g/mol. The number of carbonyl (C=O) groups is 1. The van der Waals surface area contributed by atoms with Gasteiger partial charge in [0.05, 0.1) is 4.90 Å². The summed E-state index contributed by atoms with van der Waals surface area (Å²) in [5.74, 6) is -0.789. The highest BCUT2D eigenvalue weighted by molar-refractivity contribution is 7.92. The minimum absolute atomic E-state index is 0.0487. The van der Waals surface area contributed by atoms with E-state index in [4.69, 9.17) is 21.4 Å². The van der Waals surface area contributed by atoms with Crippen molar-refractivity contribution in [3.63, 3.8) is 0 Å². The highest BCUT2D eigenvalue weighted by atomic mass is 35.5. The van der Waals surface area contributed by atoms with E-state index in [9.17, 15) is 13.2 Å². The van der Waals surface area contributed by atoms with Crippen molar-refractivity contribution < 1.29 is 23.1 Å². The van der Waals surface area contributed by atoms with E-state index in [1.54, 1.807) is 31.2 Å². The molecule has 0 aliphatic carbocycles. The van der Waals surface area contributed by atoms with Crippen LogP contribution < -0.4 is 9.46 Å². The highest BCUT2D eigenvalue weighted by Crippen LogP contribution is 2.24. The van der Waals surface area contributed by atoms with E-state index < -0.39 is 22.6 Å². The van der Waals surface area contributed by atoms with Crippen molar-refractivity contribution in [2.75, 3.05) is 11.3 Å². The first-order valence-electron chi connectivity index (χ1n) is 6.51. The summed E-state index contributed by atoms with van der Waals surface area (Å²) < 4.78 is 32.2. The van der Waals surface area contributed by atoms with Gasteiger partial charge in [-0.2, -0.15) is 0 Å². The fourth-order valence-electron chi connectivity index (χ4n) is 1.82. The summed E-state index contributed by atoms with van der Waals surface area (Å²) in [6, 6.07) is 10.4. The summed E-state index contributed by atoms with van der Waals surface area (Å²) >= 11 is 5.76. The van der Waals surface area contributed by atoms with Gasteiger partial charge in [0.15, 0.2) is 6.61 Å². The third-order valence-corrected chi connectivity index (χ3v) is 4.54. The number of ether oxygens (including phenoxy) is 1. The van der Waals surface area contributed by atoms with Crippen LogP contribution in [0.25, 0.3) is 0 Å². The first-order chi connectivity index (χ1) is 10.8. The minimum atomic E-state index is -3.76. The molecule has 122 valence electrons. The fraction of sp³-hybridized carbons (Fsp3) is 0.133. The topological polar surface area (TPSA) is 92.7 Å². The predicted molar refractivity (Wildman–Crippen MR) is 86.6 cm³/mol. The summed E-state index contributed by atoms with van der Waals surface area (Å²) in [5, 5.41) is 9.10. The molecule has 0 aromatic heterocycles. The third kappa shape index (κ3) is 4.61. The van der Waals surface area contributed by atoms with Gasteiger partial charge in [-0.3, -0.25) is 4.72 Å². The Morgan fingerprint density at radius 2 is 1.87 bits per heavy atom. The zero-order valence-electron chi connectivity index (χ0n) is 12.1. The van der Waals surface area contributed by atoms with Crippen molar-refractivity contribution in [3.05, 3.63) is 53.1 Å². The molecule has 2 N–H and O–H groups in total. The Morgan fingerprint density at radius 3 is 2.43 bits per heavy atom. The number of sulfonamides is 1. The van der Waals surface area contributed by atoms with Crippen molar-refractivity contribution in [2.45, 2.75) is 11.8 Å². The van der Waals surface area contributed by atoms with E-state index in [1.165, 1.54) is 18.2 Å². The smallest absolute Gasteiger partial charge is 0.341 e. The zero-order valence-corrected chi connectivity index (χ0v) is 13.7. The zero-order chi connectivity index (χ0) is 17.0. The lowest BCUT2D eigenvalue weighted by Crippen LogP contribution is -2.14. The molecule has 2 aromatic rings. The minimum Gasteiger partial charge on any atom is -0.482 e. The molecule has 0 unspecified atom stereocenters. The number of carboxylic acid groups (broad SMARTS) is 1. The largest absolute Gasteiger partial charge is 0.482 e. The first-order valence-corrected chi connectivity index (χ1v) is 8.38. The maximum Gasteiger partial charge on any atom is 0.341 e.